The molecule has 1 nitrogen and oxygen atoms in total. The van der Waals surface area contributed by atoms with E-state index < -0.39 is 0 Å². The summed E-state index contributed by atoms with van der Waals surface area (Å²) in [7, 11) is 0. The van der Waals surface area contributed by atoms with Gasteiger partial charge < -0.3 is 0 Å². The van der Waals surface area contributed by atoms with Gasteiger partial charge in [0.25, 0.3) is 0 Å². The number of carbonyl (C=O) groups is 1. The Morgan fingerprint density at radius 2 is 1.92 bits per heavy atom. The Morgan fingerprint density at radius 1 is 1.15 bits per heavy atom. The van der Waals surface area contributed by atoms with Gasteiger partial charge in [-0.2, -0.15) is 0 Å². The highest BCUT2D eigenvalue weighted by Gasteiger charge is 2.14. The number of hydrogen-bond acceptors (Lipinski definition) is 1. The van der Waals surface area contributed by atoms with Crippen LogP contribution in [-0.2, 0) is 4.79 Å². The van der Waals surface area contributed by atoms with Crippen molar-refractivity contribution in [2.75, 3.05) is 0 Å². The van der Waals surface area contributed by atoms with Crippen LogP contribution in [0, 0.1) is 0 Å². The van der Waals surface area contributed by atoms with E-state index >= 15 is 0 Å². The lowest BCUT2D eigenvalue weighted by Crippen LogP contribution is -1.80. The minimum atomic E-state index is 0.204. The van der Waals surface area contributed by atoms with Crippen LogP contribution in [0.1, 0.15) is 18.4 Å². The van der Waals surface area contributed by atoms with E-state index in [1.54, 1.807) is 6.08 Å². The molecule has 0 fully saturated rings. The van der Waals surface area contributed by atoms with E-state index in [0.717, 1.165) is 22.6 Å². The molecule has 0 bridgehead atoms. The molecule has 2 heteroatoms. The van der Waals surface area contributed by atoms with Crippen LogP contribution in [0.3, 0.4) is 0 Å². The Hall–Kier alpha value is -1.08. The molecule has 0 heterocycles. The Kier molecular flexibility index (Phi) is 2.19. The van der Waals surface area contributed by atoms with Gasteiger partial charge in [-0.15, -0.1) is 0 Å². The largest absolute Gasteiger partial charge is 0.295 e. The summed E-state index contributed by atoms with van der Waals surface area (Å²) in [6, 6.07) is 7.63. The first-order chi connectivity index (χ1) is 6.27. The van der Waals surface area contributed by atoms with Gasteiger partial charge in [0.2, 0.25) is 0 Å². The number of benzene rings is 1. The van der Waals surface area contributed by atoms with Gasteiger partial charge in [0.1, 0.15) is 0 Å². The van der Waals surface area contributed by atoms with Crippen molar-refractivity contribution in [1.29, 1.82) is 0 Å². The van der Waals surface area contributed by atoms with E-state index in [0.29, 0.717) is 6.42 Å². The number of rotatable bonds is 1. The van der Waals surface area contributed by atoms with Gasteiger partial charge in [-0.05, 0) is 29.7 Å². The Labute approximate surface area is 82.0 Å². The predicted molar refractivity (Wildman–Crippen MR) is 53.7 cm³/mol. The minimum Gasteiger partial charge on any atom is -0.295 e. The van der Waals surface area contributed by atoms with Crippen LogP contribution in [-0.4, -0.2) is 5.78 Å². The maximum Gasteiger partial charge on any atom is 0.156 e. The monoisotopic (exact) mass is 192 g/mol. The van der Waals surface area contributed by atoms with Crippen LogP contribution in [0.2, 0.25) is 5.02 Å². The van der Waals surface area contributed by atoms with Crippen LogP contribution in [0.5, 0.6) is 0 Å². The maximum atomic E-state index is 11.0. The summed E-state index contributed by atoms with van der Waals surface area (Å²) in [5, 5.41) is 0.725. The topological polar surface area (TPSA) is 17.1 Å². The zero-order chi connectivity index (χ0) is 9.26. The Bertz CT molecular complexity index is 379. The summed E-state index contributed by atoms with van der Waals surface area (Å²) in [6.45, 7) is 0. The van der Waals surface area contributed by atoms with Crippen molar-refractivity contribution in [3.63, 3.8) is 0 Å². The van der Waals surface area contributed by atoms with Crippen molar-refractivity contribution in [1.82, 2.24) is 0 Å². The molecular formula is C11H9ClO. The molecule has 13 heavy (non-hydrogen) atoms. The van der Waals surface area contributed by atoms with Gasteiger partial charge in [0.05, 0.1) is 0 Å². The van der Waals surface area contributed by atoms with Crippen molar-refractivity contribution in [2.45, 2.75) is 12.8 Å². The zero-order valence-electron chi connectivity index (χ0n) is 7.09. The van der Waals surface area contributed by atoms with Gasteiger partial charge in [0, 0.05) is 11.4 Å². The molecule has 2 rings (SSSR count). The third kappa shape index (κ3) is 1.65. The second-order valence-corrected chi connectivity index (χ2v) is 3.52. The molecule has 0 aliphatic heterocycles. The van der Waals surface area contributed by atoms with Crippen LogP contribution < -0.4 is 0 Å². The van der Waals surface area contributed by atoms with Gasteiger partial charge in [0.15, 0.2) is 5.78 Å². The summed E-state index contributed by atoms with van der Waals surface area (Å²) < 4.78 is 0. The molecular weight excluding hydrogens is 184 g/mol. The van der Waals surface area contributed by atoms with E-state index in [2.05, 4.69) is 0 Å². The van der Waals surface area contributed by atoms with Crippen LogP contribution in [0.15, 0.2) is 30.3 Å². The predicted octanol–water partition coefficient (Wildman–Crippen LogP) is 3.09. The highest BCUT2D eigenvalue weighted by molar-refractivity contribution is 6.32. The van der Waals surface area contributed by atoms with Crippen molar-refractivity contribution in [3.05, 3.63) is 40.9 Å². The summed E-state index contributed by atoms with van der Waals surface area (Å²) >= 11 is 6.00. The van der Waals surface area contributed by atoms with E-state index in [4.69, 9.17) is 11.6 Å². The average molecular weight is 193 g/mol. The van der Waals surface area contributed by atoms with E-state index in [1.165, 1.54) is 0 Å². The molecule has 0 saturated heterocycles. The molecule has 0 aromatic heterocycles. The van der Waals surface area contributed by atoms with Gasteiger partial charge in [-0.3, -0.25) is 4.79 Å². The fourth-order valence-corrected chi connectivity index (χ4v) is 1.79. The van der Waals surface area contributed by atoms with Gasteiger partial charge >= 0.3 is 0 Å². The van der Waals surface area contributed by atoms with E-state index in [1.807, 2.05) is 24.3 Å². The quantitative estimate of drug-likeness (QED) is 0.669. The smallest absolute Gasteiger partial charge is 0.156 e. The number of allylic oxidation sites excluding steroid dienone is 2. The van der Waals surface area contributed by atoms with Crippen LogP contribution in [0.25, 0.3) is 5.57 Å². The molecule has 1 aromatic carbocycles. The third-order valence-corrected chi connectivity index (χ3v) is 2.53. The third-order valence-electron chi connectivity index (χ3n) is 2.20. The molecule has 0 unspecified atom stereocenters. The Balaban J connectivity index is 2.41. The van der Waals surface area contributed by atoms with Crippen molar-refractivity contribution in [2.24, 2.45) is 0 Å². The number of hydrogen-bond donors (Lipinski definition) is 0. The van der Waals surface area contributed by atoms with Crippen molar-refractivity contribution < 1.29 is 4.79 Å². The first-order valence-electron chi connectivity index (χ1n) is 4.25. The average Bonchev–Trinajstić information content (AvgIpc) is 2.53. The fraction of sp³-hybridized carbons (Fsp3) is 0.182. The molecule has 0 amide bonds. The molecule has 0 spiro atoms. The Morgan fingerprint density at radius 3 is 2.54 bits per heavy atom. The summed E-state index contributed by atoms with van der Waals surface area (Å²) in [5.74, 6) is 0.204. The summed E-state index contributed by atoms with van der Waals surface area (Å²) in [5.41, 5.74) is 2.06. The maximum absolute atomic E-state index is 11.0. The van der Waals surface area contributed by atoms with Gasteiger partial charge in [-0.25, -0.2) is 0 Å². The van der Waals surface area contributed by atoms with Crippen molar-refractivity contribution >= 4 is 23.0 Å². The molecule has 0 radical (unpaired) electrons. The molecule has 1 aliphatic carbocycles. The molecule has 1 aromatic rings. The van der Waals surface area contributed by atoms with Crippen LogP contribution >= 0.6 is 11.6 Å². The first kappa shape index (κ1) is 8.52. The molecule has 1 aliphatic rings. The molecule has 66 valence electrons. The molecule has 0 atom stereocenters. The lowest BCUT2D eigenvalue weighted by molar-refractivity contribution is -0.114. The van der Waals surface area contributed by atoms with E-state index in [-0.39, 0.29) is 5.78 Å². The van der Waals surface area contributed by atoms with Crippen LogP contribution in [0.4, 0.5) is 0 Å². The minimum absolute atomic E-state index is 0.204. The highest BCUT2D eigenvalue weighted by Crippen LogP contribution is 2.30. The van der Waals surface area contributed by atoms with Crippen molar-refractivity contribution in [3.8, 4) is 0 Å². The van der Waals surface area contributed by atoms with Gasteiger partial charge in [-0.1, -0.05) is 29.8 Å². The number of carbonyl (C=O) groups excluding carboxylic acids is 1. The summed E-state index contributed by atoms with van der Waals surface area (Å²) in [4.78, 5) is 11.0. The standard InChI is InChI=1S/C11H9ClO/c12-11-4-2-1-3-10(11)8-5-6-9(13)7-8/h1-4,7H,5-6H2. The SMILES string of the molecule is O=C1C=C(c2ccccc2Cl)CC1. The second kappa shape index (κ2) is 3.35. The highest BCUT2D eigenvalue weighted by atomic mass is 35.5. The summed E-state index contributed by atoms with van der Waals surface area (Å²) in [6.07, 6.45) is 3.14. The lowest BCUT2D eigenvalue weighted by Gasteiger charge is -2.02. The normalized spacial score (nSPS) is 16.1. The second-order valence-electron chi connectivity index (χ2n) is 3.12. The number of ketones is 1. The molecule has 0 saturated carbocycles. The zero-order valence-corrected chi connectivity index (χ0v) is 7.84. The number of halogens is 1. The fourth-order valence-electron chi connectivity index (χ4n) is 1.53. The first-order valence-corrected chi connectivity index (χ1v) is 4.63. The lowest BCUT2D eigenvalue weighted by atomic mass is 10.1. The molecule has 0 N–H and O–H groups in total. The van der Waals surface area contributed by atoms with E-state index in [9.17, 15) is 4.79 Å².